The highest BCUT2D eigenvalue weighted by Crippen LogP contribution is 2.33. The predicted octanol–water partition coefficient (Wildman–Crippen LogP) is 4.65. The van der Waals surface area contributed by atoms with E-state index < -0.39 is 0 Å². The summed E-state index contributed by atoms with van der Waals surface area (Å²) in [6.45, 7) is 6.72. The van der Waals surface area contributed by atoms with E-state index >= 15 is 0 Å². The van der Waals surface area contributed by atoms with Crippen molar-refractivity contribution in [2.24, 2.45) is 0 Å². The highest BCUT2D eigenvalue weighted by Gasteiger charge is 2.18. The summed E-state index contributed by atoms with van der Waals surface area (Å²) >= 11 is 0. The van der Waals surface area contributed by atoms with E-state index in [1.807, 2.05) is 37.4 Å². The molecule has 1 N–H and O–H groups in total. The molecule has 1 unspecified atom stereocenters. The molecule has 0 saturated carbocycles. The fraction of sp³-hybridized carbons (Fsp3) is 0.269. The molecule has 5 heterocycles. The van der Waals surface area contributed by atoms with Gasteiger partial charge in [0.15, 0.2) is 5.75 Å². The Morgan fingerprint density at radius 3 is 2.69 bits per heavy atom. The molecule has 1 aliphatic heterocycles. The molecule has 35 heavy (non-hydrogen) atoms. The van der Waals surface area contributed by atoms with Gasteiger partial charge >= 0.3 is 0 Å². The smallest absolute Gasteiger partial charge is 0.256 e. The molecule has 4 aromatic heterocycles. The van der Waals surface area contributed by atoms with E-state index in [9.17, 15) is 5.11 Å². The fourth-order valence-corrected chi connectivity index (χ4v) is 4.14. The van der Waals surface area contributed by atoms with Crippen LogP contribution < -0.4 is 9.47 Å². The van der Waals surface area contributed by atoms with E-state index in [1.165, 1.54) is 11.1 Å². The van der Waals surface area contributed by atoms with Crippen LogP contribution in [0.15, 0.2) is 66.0 Å². The molecule has 0 aromatic carbocycles. The van der Waals surface area contributed by atoms with Crippen molar-refractivity contribution < 1.29 is 19.3 Å². The van der Waals surface area contributed by atoms with Gasteiger partial charge in [0.1, 0.15) is 11.9 Å². The Balaban J connectivity index is 1.44. The summed E-state index contributed by atoms with van der Waals surface area (Å²) < 4.78 is 20.0. The van der Waals surface area contributed by atoms with Gasteiger partial charge in [-0.3, -0.25) is 9.25 Å². The summed E-state index contributed by atoms with van der Waals surface area (Å²) in [5.41, 5.74) is 5.29. The minimum atomic E-state index is 0.0463. The Morgan fingerprint density at radius 1 is 1.11 bits per heavy atom. The standard InChI is InChI=1S/C26H27N5O4/c1-15-8-20(35-17(3)16(15)2)13-30-12-19(11-28-30)31-14-23-21(26(31)32)6-7-22(29-23)18-9-24(33-4)25(34-5)27-10-18/h6-12,14,17,32H,13H2,1-5H3. The molecule has 0 spiro atoms. The number of aromatic hydroxyl groups is 1. The molecule has 0 bridgehead atoms. The normalized spacial score (nSPS) is 15.8. The third kappa shape index (κ3) is 4.09. The third-order valence-corrected chi connectivity index (χ3v) is 6.33. The van der Waals surface area contributed by atoms with Crippen molar-refractivity contribution in [3.8, 4) is 34.5 Å². The van der Waals surface area contributed by atoms with E-state index in [0.29, 0.717) is 34.8 Å². The maximum atomic E-state index is 10.9. The molecule has 0 fully saturated rings. The van der Waals surface area contributed by atoms with Crippen molar-refractivity contribution in [3.05, 3.63) is 66.0 Å². The van der Waals surface area contributed by atoms with E-state index in [-0.39, 0.29) is 12.0 Å². The van der Waals surface area contributed by atoms with Crippen molar-refractivity contribution in [2.75, 3.05) is 14.2 Å². The number of nitrogens with zero attached hydrogens (tertiary/aromatic N) is 5. The lowest BCUT2D eigenvalue weighted by Gasteiger charge is -2.24. The molecule has 1 aliphatic rings. The van der Waals surface area contributed by atoms with E-state index in [0.717, 1.165) is 17.0 Å². The Kier molecular flexibility index (Phi) is 5.68. The monoisotopic (exact) mass is 473 g/mol. The Morgan fingerprint density at radius 2 is 1.94 bits per heavy atom. The van der Waals surface area contributed by atoms with Crippen LogP contribution in [0.2, 0.25) is 0 Å². The highest BCUT2D eigenvalue weighted by atomic mass is 16.5. The zero-order chi connectivity index (χ0) is 24.7. The number of hydrogen-bond acceptors (Lipinski definition) is 7. The van der Waals surface area contributed by atoms with Crippen LogP contribution in [-0.4, -0.2) is 49.7 Å². The molecular formula is C26H27N5O4. The van der Waals surface area contributed by atoms with Crippen molar-refractivity contribution in [1.82, 2.24) is 24.3 Å². The molecule has 9 nitrogen and oxygen atoms in total. The zero-order valence-corrected chi connectivity index (χ0v) is 20.3. The number of methoxy groups -OCH3 is 2. The lowest BCUT2D eigenvalue weighted by molar-refractivity contribution is 0.141. The summed E-state index contributed by atoms with van der Waals surface area (Å²) in [5.74, 6) is 1.88. The van der Waals surface area contributed by atoms with Gasteiger partial charge in [0, 0.05) is 24.2 Å². The minimum absolute atomic E-state index is 0.0463. The molecule has 180 valence electrons. The SMILES string of the molecule is COc1cc(-c2ccc3c(O)n(-c4cnn(CC5=CC(C)=C(C)C(C)O5)c4)cc3n2)cnc1OC. The average Bonchev–Trinajstić information content (AvgIpc) is 3.45. The molecule has 0 saturated heterocycles. The van der Waals surface area contributed by atoms with Crippen molar-refractivity contribution in [2.45, 2.75) is 33.4 Å². The van der Waals surface area contributed by atoms with Crippen molar-refractivity contribution >= 4 is 10.9 Å². The quantitative estimate of drug-likeness (QED) is 0.436. The number of ether oxygens (including phenoxy) is 3. The molecule has 4 aromatic rings. The van der Waals surface area contributed by atoms with Crippen LogP contribution >= 0.6 is 0 Å². The summed E-state index contributed by atoms with van der Waals surface area (Å²) in [7, 11) is 3.11. The Labute approximate surface area is 202 Å². The minimum Gasteiger partial charge on any atom is -0.494 e. The first-order valence-corrected chi connectivity index (χ1v) is 11.2. The number of pyridine rings is 2. The van der Waals surface area contributed by atoms with E-state index in [4.69, 9.17) is 19.2 Å². The second kappa shape index (κ2) is 8.83. The molecule has 5 rings (SSSR count). The van der Waals surface area contributed by atoms with Crippen LogP contribution in [0.25, 0.3) is 27.8 Å². The molecule has 0 amide bonds. The van der Waals surface area contributed by atoms with Gasteiger partial charge in [-0.15, -0.1) is 0 Å². The van der Waals surface area contributed by atoms with Crippen molar-refractivity contribution in [3.63, 3.8) is 0 Å². The van der Waals surface area contributed by atoms with Crippen LogP contribution in [0.1, 0.15) is 20.8 Å². The first-order valence-electron chi connectivity index (χ1n) is 11.2. The first kappa shape index (κ1) is 22.5. The molecule has 0 radical (unpaired) electrons. The maximum Gasteiger partial charge on any atom is 0.256 e. The first-order chi connectivity index (χ1) is 16.9. The lowest BCUT2D eigenvalue weighted by Crippen LogP contribution is -2.18. The number of rotatable bonds is 6. The predicted molar refractivity (Wildman–Crippen MR) is 132 cm³/mol. The van der Waals surface area contributed by atoms with Gasteiger partial charge in [-0.05, 0) is 56.2 Å². The molecule has 9 heteroatoms. The third-order valence-electron chi connectivity index (χ3n) is 6.33. The maximum absolute atomic E-state index is 10.9. The second-order valence-corrected chi connectivity index (χ2v) is 8.52. The van der Waals surface area contributed by atoms with Gasteiger partial charge in [-0.25, -0.2) is 9.97 Å². The topological polar surface area (TPSA) is 96.5 Å². The van der Waals surface area contributed by atoms with Gasteiger partial charge in [0.2, 0.25) is 5.88 Å². The van der Waals surface area contributed by atoms with Gasteiger partial charge in [0.05, 0.1) is 49.2 Å². The molecular weight excluding hydrogens is 446 g/mol. The van der Waals surface area contributed by atoms with Gasteiger partial charge < -0.3 is 19.3 Å². The number of aromatic nitrogens is 5. The summed E-state index contributed by atoms with van der Waals surface area (Å²) in [6.07, 6.45) is 9.14. The highest BCUT2D eigenvalue weighted by molar-refractivity contribution is 5.87. The van der Waals surface area contributed by atoms with Crippen LogP contribution in [-0.2, 0) is 11.3 Å². The average molecular weight is 474 g/mol. The Hall–Kier alpha value is -4.27. The van der Waals surface area contributed by atoms with E-state index in [1.54, 1.807) is 42.1 Å². The zero-order valence-electron chi connectivity index (χ0n) is 20.3. The van der Waals surface area contributed by atoms with Crippen LogP contribution in [0.5, 0.6) is 17.5 Å². The van der Waals surface area contributed by atoms with Gasteiger partial charge in [-0.1, -0.05) is 0 Å². The summed E-state index contributed by atoms with van der Waals surface area (Å²) in [6, 6.07) is 5.50. The molecule has 1 atom stereocenters. The van der Waals surface area contributed by atoms with Crippen LogP contribution in [0, 0.1) is 0 Å². The number of allylic oxidation sites excluding steroid dienone is 3. The van der Waals surface area contributed by atoms with Crippen molar-refractivity contribution in [1.29, 1.82) is 0 Å². The van der Waals surface area contributed by atoms with Crippen LogP contribution in [0.3, 0.4) is 0 Å². The lowest BCUT2D eigenvalue weighted by atomic mass is 10.0. The van der Waals surface area contributed by atoms with E-state index in [2.05, 4.69) is 23.9 Å². The number of hydrogen-bond donors (Lipinski definition) is 1. The van der Waals surface area contributed by atoms with Gasteiger partial charge in [0.25, 0.3) is 5.88 Å². The fourth-order valence-electron chi connectivity index (χ4n) is 4.14. The largest absolute Gasteiger partial charge is 0.494 e. The second-order valence-electron chi connectivity index (χ2n) is 8.52. The van der Waals surface area contributed by atoms with Gasteiger partial charge in [-0.2, -0.15) is 5.10 Å². The Bertz CT molecular complexity index is 1480. The number of fused-ring (bicyclic) bond motifs is 1. The summed E-state index contributed by atoms with van der Waals surface area (Å²) in [5, 5.41) is 16.0. The summed E-state index contributed by atoms with van der Waals surface area (Å²) in [4.78, 5) is 9.02. The molecule has 0 aliphatic carbocycles. The van der Waals surface area contributed by atoms with Crippen LogP contribution in [0.4, 0.5) is 0 Å².